The Kier molecular flexibility index (Phi) is 5.73. The summed E-state index contributed by atoms with van der Waals surface area (Å²) in [5.41, 5.74) is 0. The van der Waals surface area contributed by atoms with E-state index in [9.17, 15) is 22.8 Å². The van der Waals surface area contributed by atoms with Gasteiger partial charge in [-0.15, -0.1) is 0 Å². The van der Waals surface area contributed by atoms with Crippen LogP contribution in [0, 0.1) is 0 Å². The number of carbonyl (C=O) groups excluding carboxylic acids is 2. The van der Waals surface area contributed by atoms with Crippen molar-refractivity contribution in [3.63, 3.8) is 0 Å². The van der Waals surface area contributed by atoms with Crippen LogP contribution >= 0.6 is 0 Å². The molecule has 0 bridgehead atoms. The smallest absolute Gasteiger partial charge is 0.389 e. The van der Waals surface area contributed by atoms with Crippen LogP contribution in [0.25, 0.3) is 0 Å². The molecule has 7 heteroatoms. The quantitative estimate of drug-likeness (QED) is 0.713. The average molecular weight is 227 g/mol. The molecule has 0 spiro atoms. The molecule has 0 aliphatic rings. The molecule has 0 aromatic heterocycles. The number of halogens is 3. The lowest BCUT2D eigenvalue weighted by molar-refractivity contribution is -0.146. The van der Waals surface area contributed by atoms with Crippen molar-refractivity contribution in [1.82, 2.24) is 5.32 Å². The van der Waals surface area contributed by atoms with E-state index in [0.717, 1.165) is 0 Å². The minimum atomic E-state index is -4.36. The minimum absolute atomic E-state index is 0.164. The third-order valence-corrected chi connectivity index (χ3v) is 1.37. The number of hydrogen-bond donors (Lipinski definition) is 1. The van der Waals surface area contributed by atoms with Gasteiger partial charge in [0.1, 0.15) is 6.54 Å². The van der Waals surface area contributed by atoms with E-state index in [2.05, 4.69) is 4.74 Å². The third kappa shape index (κ3) is 9.04. The summed E-state index contributed by atoms with van der Waals surface area (Å²) in [5.74, 6) is -1.49. The predicted octanol–water partition coefficient (Wildman–Crippen LogP) is 1.01. The molecule has 0 saturated carbocycles. The number of ether oxygens (including phenoxy) is 1. The molecular weight excluding hydrogens is 215 g/mol. The van der Waals surface area contributed by atoms with E-state index < -0.39 is 37.4 Å². The van der Waals surface area contributed by atoms with Gasteiger partial charge in [0.05, 0.1) is 13.0 Å². The summed E-state index contributed by atoms with van der Waals surface area (Å²) in [7, 11) is 0. The number of alkyl halides is 3. The molecule has 0 aromatic carbocycles. The Hall–Kier alpha value is -1.27. The molecule has 0 aromatic rings. The molecule has 0 aliphatic carbocycles. The van der Waals surface area contributed by atoms with Crippen molar-refractivity contribution in [2.24, 2.45) is 0 Å². The number of nitrogens with one attached hydrogen (secondary N) is 1. The van der Waals surface area contributed by atoms with Crippen molar-refractivity contribution in [3.05, 3.63) is 0 Å². The zero-order valence-electron chi connectivity index (χ0n) is 8.19. The molecule has 1 N–H and O–H groups in total. The zero-order chi connectivity index (χ0) is 11.9. The van der Waals surface area contributed by atoms with Crippen LogP contribution in [-0.2, 0) is 14.3 Å². The van der Waals surface area contributed by atoms with Crippen LogP contribution < -0.4 is 5.32 Å². The van der Waals surface area contributed by atoms with Gasteiger partial charge in [-0.3, -0.25) is 9.59 Å². The standard InChI is InChI=1S/C8H12F3NO3/c1-2-15-7(14)5-12-6(13)3-4-8(9,10)11/h2-5H2,1H3,(H,12,13). The first-order valence-corrected chi connectivity index (χ1v) is 4.34. The zero-order valence-corrected chi connectivity index (χ0v) is 8.19. The van der Waals surface area contributed by atoms with E-state index in [0.29, 0.717) is 0 Å². The molecule has 0 radical (unpaired) electrons. The van der Waals surface area contributed by atoms with E-state index in [1.807, 2.05) is 5.32 Å². The molecule has 0 saturated heterocycles. The number of carbonyl (C=O) groups is 2. The van der Waals surface area contributed by atoms with Crippen LogP contribution in [0.1, 0.15) is 19.8 Å². The molecule has 4 nitrogen and oxygen atoms in total. The lowest BCUT2D eigenvalue weighted by Gasteiger charge is -2.06. The maximum Gasteiger partial charge on any atom is 0.389 e. The number of amides is 1. The van der Waals surface area contributed by atoms with Gasteiger partial charge in [0.2, 0.25) is 5.91 Å². The van der Waals surface area contributed by atoms with Gasteiger partial charge in [0.15, 0.2) is 0 Å². The highest BCUT2D eigenvalue weighted by molar-refractivity contribution is 5.81. The van der Waals surface area contributed by atoms with Crippen molar-refractivity contribution in [1.29, 1.82) is 0 Å². The Labute approximate surface area is 84.8 Å². The Balaban J connectivity index is 3.62. The Morgan fingerprint density at radius 2 is 1.93 bits per heavy atom. The Bertz CT molecular complexity index is 228. The minimum Gasteiger partial charge on any atom is -0.465 e. The first kappa shape index (κ1) is 13.7. The van der Waals surface area contributed by atoms with Crippen molar-refractivity contribution in [2.45, 2.75) is 25.9 Å². The predicted molar refractivity (Wildman–Crippen MR) is 44.9 cm³/mol. The van der Waals surface area contributed by atoms with E-state index in [4.69, 9.17) is 0 Å². The molecule has 1 amide bonds. The lowest BCUT2D eigenvalue weighted by Crippen LogP contribution is -2.31. The monoisotopic (exact) mass is 227 g/mol. The highest BCUT2D eigenvalue weighted by atomic mass is 19.4. The average Bonchev–Trinajstić information content (AvgIpc) is 2.11. The van der Waals surface area contributed by atoms with Gasteiger partial charge in [-0.05, 0) is 6.92 Å². The second-order valence-corrected chi connectivity index (χ2v) is 2.70. The fourth-order valence-electron chi connectivity index (χ4n) is 0.726. The van der Waals surface area contributed by atoms with Crippen LogP contribution in [0.2, 0.25) is 0 Å². The van der Waals surface area contributed by atoms with Gasteiger partial charge in [0, 0.05) is 6.42 Å². The molecule has 0 unspecified atom stereocenters. The summed E-state index contributed by atoms with van der Waals surface area (Å²) >= 11 is 0. The Morgan fingerprint density at radius 1 is 1.33 bits per heavy atom. The third-order valence-electron chi connectivity index (χ3n) is 1.37. The summed E-state index contributed by atoms with van der Waals surface area (Å²) in [6, 6.07) is 0. The first-order chi connectivity index (χ1) is 6.85. The van der Waals surface area contributed by atoms with Crippen molar-refractivity contribution >= 4 is 11.9 Å². The molecule has 15 heavy (non-hydrogen) atoms. The number of rotatable bonds is 5. The molecule has 0 rings (SSSR count). The summed E-state index contributed by atoms with van der Waals surface area (Å²) in [4.78, 5) is 21.5. The van der Waals surface area contributed by atoms with Gasteiger partial charge in [0.25, 0.3) is 0 Å². The fourth-order valence-corrected chi connectivity index (χ4v) is 0.726. The van der Waals surface area contributed by atoms with Gasteiger partial charge in [-0.1, -0.05) is 0 Å². The topological polar surface area (TPSA) is 55.4 Å². The summed E-state index contributed by atoms with van der Waals surface area (Å²) in [5, 5.41) is 2.03. The fraction of sp³-hybridized carbons (Fsp3) is 0.750. The highest BCUT2D eigenvalue weighted by Gasteiger charge is 2.27. The van der Waals surface area contributed by atoms with Crippen molar-refractivity contribution in [2.75, 3.05) is 13.2 Å². The normalized spacial score (nSPS) is 10.9. The molecule has 88 valence electrons. The lowest BCUT2D eigenvalue weighted by atomic mass is 10.3. The van der Waals surface area contributed by atoms with Crippen molar-refractivity contribution in [3.8, 4) is 0 Å². The second kappa shape index (κ2) is 6.26. The maximum atomic E-state index is 11.7. The molecular formula is C8H12F3NO3. The van der Waals surface area contributed by atoms with Crippen LogP contribution in [0.4, 0.5) is 13.2 Å². The first-order valence-electron chi connectivity index (χ1n) is 4.34. The second-order valence-electron chi connectivity index (χ2n) is 2.70. The van der Waals surface area contributed by atoms with Crippen molar-refractivity contribution < 1.29 is 27.5 Å². The van der Waals surface area contributed by atoms with E-state index in [1.54, 1.807) is 6.92 Å². The van der Waals surface area contributed by atoms with Crippen LogP contribution in [0.15, 0.2) is 0 Å². The molecule has 0 aliphatic heterocycles. The van der Waals surface area contributed by atoms with Crippen LogP contribution in [-0.4, -0.2) is 31.2 Å². The number of hydrogen-bond acceptors (Lipinski definition) is 3. The van der Waals surface area contributed by atoms with E-state index in [-0.39, 0.29) is 6.61 Å². The highest BCUT2D eigenvalue weighted by Crippen LogP contribution is 2.20. The molecule has 0 atom stereocenters. The molecule has 0 heterocycles. The van der Waals surface area contributed by atoms with Crippen LogP contribution in [0.3, 0.4) is 0 Å². The van der Waals surface area contributed by atoms with Gasteiger partial charge < -0.3 is 10.1 Å². The van der Waals surface area contributed by atoms with E-state index in [1.165, 1.54) is 0 Å². The Morgan fingerprint density at radius 3 is 2.40 bits per heavy atom. The van der Waals surface area contributed by atoms with Gasteiger partial charge in [-0.25, -0.2) is 0 Å². The SMILES string of the molecule is CCOC(=O)CNC(=O)CCC(F)(F)F. The summed E-state index contributed by atoms with van der Waals surface area (Å²) in [6.07, 6.45) is -6.23. The number of esters is 1. The summed E-state index contributed by atoms with van der Waals surface area (Å²) in [6.45, 7) is 1.35. The summed E-state index contributed by atoms with van der Waals surface area (Å²) < 4.78 is 39.5. The largest absolute Gasteiger partial charge is 0.465 e. The van der Waals surface area contributed by atoms with Crippen LogP contribution in [0.5, 0.6) is 0 Å². The molecule has 0 fully saturated rings. The maximum absolute atomic E-state index is 11.7. The van der Waals surface area contributed by atoms with E-state index >= 15 is 0 Å². The van der Waals surface area contributed by atoms with Gasteiger partial charge >= 0.3 is 12.1 Å². The van der Waals surface area contributed by atoms with Gasteiger partial charge in [-0.2, -0.15) is 13.2 Å².